The van der Waals surface area contributed by atoms with Crippen LogP contribution in [0.3, 0.4) is 0 Å². The van der Waals surface area contributed by atoms with Gasteiger partial charge in [-0.15, -0.1) is 0 Å². The molecule has 0 amide bonds. The van der Waals surface area contributed by atoms with Crippen molar-refractivity contribution in [3.63, 3.8) is 0 Å². The van der Waals surface area contributed by atoms with Crippen LogP contribution in [0.1, 0.15) is 20.3 Å². The monoisotopic (exact) mass is 216 g/mol. The van der Waals surface area contributed by atoms with Crippen molar-refractivity contribution >= 4 is 17.2 Å². The van der Waals surface area contributed by atoms with Crippen LogP contribution in [-0.2, 0) is 0 Å². The quantitative estimate of drug-likeness (QED) is 0.679. The van der Waals surface area contributed by atoms with Gasteiger partial charge in [-0.05, 0) is 18.9 Å². The molecular formula is C10H20N2OS. The molecule has 1 heterocycles. The summed E-state index contributed by atoms with van der Waals surface area (Å²) in [4.78, 5) is 2.81. The number of β-amino-alcohol motifs (C(OH)–C–C–N with tert-alkyl or cyclic N) is 1. The lowest BCUT2D eigenvalue weighted by molar-refractivity contribution is 0.0269. The molecule has 4 heteroatoms. The van der Waals surface area contributed by atoms with Gasteiger partial charge in [0.15, 0.2) is 0 Å². The van der Waals surface area contributed by atoms with E-state index in [-0.39, 0.29) is 12.0 Å². The lowest BCUT2D eigenvalue weighted by Crippen LogP contribution is -2.45. The molecule has 82 valence electrons. The number of nitrogens with zero attached hydrogens (tertiary/aromatic N) is 1. The van der Waals surface area contributed by atoms with Gasteiger partial charge in [0.2, 0.25) is 0 Å². The molecule has 0 aliphatic carbocycles. The van der Waals surface area contributed by atoms with Crippen molar-refractivity contribution in [3.05, 3.63) is 0 Å². The van der Waals surface area contributed by atoms with Crippen LogP contribution in [0.15, 0.2) is 0 Å². The number of hydrogen-bond acceptors (Lipinski definition) is 3. The molecule has 3 atom stereocenters. The van der Waals surface area contributed by atoms with Gasteiger partial charge in [0, 0.05) is 19.0 Å². The number of hydrogen-bond donors (Lipinski definition) is 2. The molecular weight excluding hydrogens is 196 g/mol. The van der Waals surface area contributed by atoms with Crippen LogP contribution >= 0.6 is 12.2 Å². The molecule has 0 bridgehead atoms. The van der Waals surface area contributed by atoms with Gasteiger partial charge >= 0.3 is 0 Å². The number of aliphatic hydroxyl groups is 1. The van der Waals surface area contributed by atoms with Crippen molar-refractivity contribution < 1.29 is 5.11 Å². The molecule has 14 heavy (non-hydrogen) atoms. The summed E-state index contributed by atoms with van der Waals surface area (Å²) in [5.41, 5.74) is 5.56. The summed E-state index contributed by atoms with van der Waals surface area (Å²) in [7, 11) is 0. The Morgan fingerprint density at radius 3 is 2.86 bits per heavy atom. The predicted molar refractivity (Wildman–Crippen MR) is 62.2 cm³/mol. The third-order valence-electron chi connectivity index (χ3n) is 3.02. The smallest absolute Gasteiger partial charge is 0.0768 e. The fourth-order valence-electron chi connectivity index (χ4n) is 1.76. The lowest BCUT2D eigenvalue weighted by Gasteiger charge is -2.35. The summed E-state index contributed by atoms with van der Waals surface area (Å²) >= 11 is 4.93. The first-order valence-corrected chi connectivity index (χ1v) is 5.61. The number of rotatable bonds is 3. The first-order valence-electron chi connectivity index (χ1n) is 5.20. The second-order valence-electron chi connectivity index (χ2n) is 4.40. The van der Waals surface area contributed by atoms with Gasteiger partial charge in [0.05, 0.1) is 11.1 Å². The van der Waals surface area contributed by atoms with Crippen molar-refractivity contribution in [2.75, 3.05) is 19.6 Å². The second-order valence-corrected chi connectivity index (χ2v) is 4.87. The molecule has 1 aliphatic rings. The van der Waals surface area contributed by atoms with Gasteiger partial charge in [-0.1, -0.05) is 26.1 Å². The van der Waals surface area contributed by atoms with E-state index in [0.717, 1.165) is 26.1 Å². The van der Waals surface area contributed by atoms with Crippen LogP contribution in [0, 0.1) is 11.8 Å². The van der Waals surface area contributed by atoms with Crippen LogP contribution in [0.2, 0.25) is 0 Å². The fourth-order valence-corrected chi connectivity index (χ4v) is 1.83. The molecule has 1 saturated heterocycles. The lowest BCUT2D eigenvalue weighted by atomic mass is 9.95. The van der Waals surface area contributed by atoms with Gasteiger partial charge < -0.3 is 15.7 Å². The SMILES string of the molecule is CC(CN1CCC(C)C(O)C1)C(N)=S. The van der Waals surface area contributed by atoms with Gasteiger partial charge in [-0.3, -0.25) is 0 Å². The number of likely N-dealkylation sites (tertiary alicyclic amines) is 1. The molecule has 0 spiro atoms. The summed E-state index contributed by atoms with van der Waals surface area (Å²) in [5.74, 6) is 0.664. The average Bonchev–Trinajstić information content (AvgIpc) is 2.11. The summed E-state index contributed by atoms with van der Waals surface area (Å²) < 4.78 is 0. The summed E-state index contributed by atoms with van der Waals surface area (Å²) in [6, 6.07) is 0. The van der Waals surface area contributed by atoms with Gasteiger partial charge in [0.25, 0.3) is 0 Å². The highest BCUT2D eigenvalue weighted by Gasteiger charge is 2.25. The minimum atomic E-state index is -0.192. The Morgan fingerprint density at radius 1 is 1.71 bits per heavy atom. The minimum Gasteiger partial charge on any atom is -0.393 e. The molecule has 0 aromatic carbocycles. The number of nitrogens with two attached hydrogens (primary N) is 1. The average molecular weight is 216 g/mol. The molecule has 3 N–H and O–H groups in total. The van der Waals surface area contributed by atoms with Crippen molar-refractivity contribution in [2.24, 2.45) is 17.6 Å². The van der Waals surface area contributed by atoms with Crippen molar-refractivity contribution in [3.8, 4) is 0 Å². The maximum Gasteiger partial charge on any atom is 0.0768 e. The van der Waals surface area contributed by atoms with Crippen molar-refractivity contribution in [1.82, 2.24) is 4.90 Å². The Bertz CT molecular complexity index is 210. The van der Waals surface area contributed by atoms with E-state index in [1.54, 1.807) is 0 Å². The van der Waals surface area contributed by atoms with Gasteiger partial charge in [-0.2, -0.15) is 0 Å². The Balaban J connectivity index is 2.36. The van der Waals surface area contributed by atoms with Gasteiger partial charge in [0.1, 0.15) is 0 Å². The molecule has 0 aromatic heterocycles. The standard InChI is InChI=1S/C10H20N2OS/c1-7-3-4-12(6-9(7)13)5-8(2)10(11)14/h7-9,13H,3-6H2,1-2H3,(H2,11,14). The zero-order valence-corrected chi connectivity index (χ0v) is 9.76. The van der Waals surface area contributed by atoms with E-state index < -0.39 is 0 Å². The molecule has 3 nitrogen and oxygen atoms in total. The maximum atomic E-state index is 9.69. The molecule has 1 fully saturated rings. The topological polar surface area (TPSA) is 49.5 Å². The van der Waals surface area contributed by atoms with E-state index in [9.17, 15) is 5.11 Å². The highest BCUT2D eigenvalue weighted by Crippen LogP contribution is 2.17. The molecule has 0 radical (unpaired) electrons. The molecule has 1 aliphatic heterocycles. The summed E-state index contributed by atoms with van der Waals surface area (Å²) in [6.07, 6.45) is 0.868. The van der Waals surface area contributed by atoms with Crippen LogP contribution in [-0.4, -0.2) is 40.7 Å². The highest BCUT2D eigenvalue weighted by molar-refractivity contribution is 7.80. The predicted octanol–water partition coefficient (Wildman–Crippen LogP) is 0.611. The fraction of sp³-hybridized carbons (Fsp3) is 0.900. The molecule has 0 saturated carbocycles. The second kappa shape index (κ2) is 5.05. The van der Waals surface area contributed by atoms with Crippen LogP contribution in [0.25, 0.3) is 0 Å². The maximum absolute atomic E-state index is 9.69. The van der Waals surface area contributed by atoms with Crippen LogP contribution in [0.5, 0.6) is 0 Å². The Kier molecular flexibility index (Phi) is 4.29. The van der Waals surface area contributed by atoms with E-state index >= 15 is 0 Å². The number of thiocarbonyl (C=S) groups is 1. The summed E-state index contributed by atoms with van der Waals surface area (Å²) in [6.45, 7) is 6.81. The first-order chi connectivity index (χ1) is 6.50. The van der Waals surface area contributed by atoms with Gasteiger partial charge in [-0.25, -0.2) is 0 Å². The molecule has 0 aromatic rings. The van der Waals surface area contributed by atoms with Crippen molar-refractivity contribution in [1.29, 1.82) is 0 Å². The zero-order valence-electron chi connectivity index (χ0n) is 8.94. The number of piperidine rings is 1. The Labute approximate surface area is 91.3 Å². The van der Waals surface area contributed by atoms with E-state index in [0.29, 0.717) is 10.9 Å². The Morgan fingerprint density at radius 2 is 2.36 bits per heavy atom. The third kappa shape index (κ3) is 3.19. The number of aliphatic hydroxyl groups excluding tert-OH is 1. The normalized spacial score (nSPS) is 31.4. The van der Waals surface area contributed by atoms with E-state index in [4.69, 9.17) is 18.0 Å². The zero-order chi connectivity index (χ0) is 10.7. The van der Waals surface area contributed by atoms with E-state index in [1.807, 2.05) is 6.92 Å². The highest BCUT2D eigenvalue weighted by atomic mass is 32.1. The summed E-state index contributed by atoms with van der Waals surface area (Å²) in [5, 5.41) is 9.69. The van der Waals surface area contributed by atoms with E-state index in [2.05, 4.69) is 11.8 Å². The Hall–Kier alpha value is -0.190. The largest absolute Gasteiger partial charge is 0.393 e. The van der Waals surface area contributed by atoms with Crippen molar-refractivity contribution in [2.45, 2.75) is 26.4 Å². The molecule has 3 unspecified atom stereocenters. The molecule has 1 rings (SSSR count). The third-order valence-corrected chi connectivity index (χ3v) is 3.42. The van der Waals surface area contributed by atoms with Crippen LogP contribution < -0.4 is 5.73 Å². The first kappa shape index (κ1) is 11.9. The van der Waals surface area contributed by atoms with E-state index in [1.165, 1.54) is 0 Å². The van der Waals surface area contributed by atoms with Crippen LogP contribution in [0.4, 0.5) is 0 Å². The minimum absolute atomic E-state index is 0.192.